The standard InChI is InChI=1S/C23H23F3N4O3/c1-13-9-15(5-6-16(13)20(31)10-14-3-4-14)19-12-28-21-17(27-8-7-23(24,25)26)11-18(22(32)33-2)29-30(19)21/h5-6,9,11-12,14,27H,3-4,7-8,10H2,1-2H3. The maximum absolute atomic E-state index is 12.6. The molecule has 1 saturated carbocycles. The molecule has 1 aliphatic carbocycles. The Morgan fingerprint density at radius 2 is 2.00 bits per heavy atom. The third-order valence-corrected chi connectivity index (χ3v) is 5.58. The Bertz CT molecular complexity index is 1220. The number of aromatic nitrogens is 3. The molecule has 33 heavy (non-hydrogen) atoms. The van der Waals surface area contributed by atoms with Gasteiger partial charge in [0, 0.05) is 30.2 Å². The molecule has 1 N–H and O–H groups in total. The number of aryl methyl sites for hydroxylation is 1. The fourth-order valence-electron chi connectivity index (χ4n) is 3.67. The SMILES string of the molecule is COC(=O)c1cc(NCCC(F)(F)F)c2ncc(-c3ccc(C(=O)CC4CC4)c(C)c3)n2n1. The molecular formula is C23H23F3N4O3. The fraction of sp³-hybridized carbons (Fsp3) is 0.391. The third-order valence-electron chi connectivity index (χ3n) is 5.58. The zero-order valence-electron chi connectivity index (χ0n) is 18.2. The number of ketones is 1. The minimum absolute atomic E-state index is 0.0771. The van der Waals surface area contributed by atoms with Crippen molar-refractivity contribution in [2.75, 3.05) is 19.0 Å². The average Bonchev–Trinajstić information content (AvgIpc) is 3.46. The highest BCUT2D eigenvalue weighted by Crippen LogP contribution is 2.34. The summed E-state index contributed by atoms with van der Waals surface area (Å²) in [6.07, 6.45) is -1.10. The molecule has 0 amide bonds. The van der Waals surface area contributed by atoms with Crippen LogP contribution in [-0.2, 0) is 4.74 Å². The Hall–Kier alpha value is -3.43. The van der Waals surface area contributed by atoms with Gasteiger partial charge in [-0.25, -0.2) is 14.3 Å². The number of hydrogen-bond acceptors (Lipinski definition) is 6. The molecule has 2 aromatic heterocycles. The van der Waals surface area contributed by atoms with Gasteiger partial charge in [0.2, 0.25) is 0 Å². The number of Topliss-reactive ketones (excluding diaryl/α,β-unsaturated/α-hetero) is 1. The zero-order chi connectivity index (χ0) is 23.8. The number of carbonyl (C=O) groups is 2. The van der Waals surface area contributed by atoms with Gasteiger partial charge in [0.05, 0.1) is 31.1 Å². The van der Waals surface area contributed by atoms with E-state index < -0.39 is 18.6 Å². The van der Waals surface area contributed by atoms with Crippen LogP contribution in [-0.4, -0.2) is 46.2 Å². The Morgan fingerprint density at radius 3 is 2.64 bits per heavy atom. The van der Waals surface area contributed by atoms with Crippen molar-refractivity contribution in [3.63, 3.8) is 0 Å². The third kappa shape index (κ3) is 5.15. The van der Waals surface area contributed by atoms with Crippen molar-refractivity contribution >= 4 is 23.1 Å². The Labute approximate surface area is 188 Å². The van der Waals surface area contributed by atoms with E-state index in [0.29, 0.717) is 29.2 Å². The molecule has 4 rings (SSSR count). The number of hydrogen-bond donors (Lipinski definition) is 1. The molecule has 0 radical (unpaired) electrons. The van der Waals surface area contributed by atoms with Crippen molar-refractivity contribution in [2.24, 2.45) is 5.92 Å². The second kappa shape index (κ2) is 8.84. The minimum atomic E-state index is -4.32. The van der Waals surface area contributed by atoms with E-state index in [-0.39, 0.29) is 29.4 Å². The molecule has 10 heteroatoms. The van der Waals surface area contributed by atoms with Crippen LogP contribution in [0.4, 0.5) is 18.9 Å². The van der Waals surface area contributed by atoms with E-state index in [1.165, 1.54) is 23.9 Å². The highest BCUT2D eigenvalue weighted by molar-refractivity contribution is 5.98. The molecule has 7 nitrogen and oxygen atoms in total. The summed E-state index contributed by atoms with van der Waals surface area (Å²) < 4.78 is 43.9. The van der Waals surface area contributed by atoms with Crippen molar-refractivity contribution in [2.45, 2.75) is 38.8 Å². The van der Waals surface area contributed by atoms with Crippen LogP contribution in [0, 0.1) is 12.8 Å². The highest BCUT2D eigenvalue weighted by Gasteiger charge is 2.27. The number of alkyl halides is 3. The molecule has 1 aliphatic rings. The van der Waals surface area contributed by atoms with Crippen molar-refractivity contribution in [3.8, 4) is 11.3 Å². The van der Waals surface area contributed by atoms with E-state index >= 15 is 0 Å². The smallest absolute Gasteiger partial charge is 0.390 e. The van der Waals surface area contributed by atoms with Crippen molar-refractivity contribution < 1.29 is 27.5 Å². The first kappa shape index (κ1) is 22.8. The number of methoxy groups -OCH3 is 1. The number of imidazole rings is 1. The minimum Gasteiger partial charge on any atom is -0.464 e. The number of nitrogens with one attached hydrogen (secondary N) is 1. The van der Waals surface area contributed by atoms with Gasteiger partial charge in [0.15, 0.2) is 17.1 Å². The van der Waals surface area contributed by atoms with Gasteiger partial charge >= 0.3 is 12.1 Å². The van der Waals surface area contributed by atoms with Crippen LogP contribution >= 0.6 is 0 Å². The van der Waals surface area contributed by atoms with Gasteiger partial charge in [-0.3, -0.25) is 4.79 Å². The van der Waals surface area contributed by atoms with Crippen LogP contribution < -0.4 is 5.32 Å². The van der Waals surface area contributed by atoms with E-state index in [1.54, 1.807) is 12.1 Å². The summed E-state index contributed by atoms with van der Waals surface area (Å²) in [5.41, 5.74) is 3.13. The van der Waals surface area contributed by atoms with Gasteiger partial charge in [0.25, 0.3) is 0 Å². The lowest BCUT2D eigenvalue weighted by atomic mass is 9.98. The van der Waals surface area contributed by atoms with Gasteiger partial charge in [0.1, 0.15) is 0 Å². The molecule has 0 saturated heterocycles. The monoisotopic (exact) mass is 460 g/mol. The number of anilines is 1. The number of fused-ring (bicyclic) bond motifs is 1. The average molecular weight is 460 g/mol. The van der Waals surface area contributed by atoms with Gasteiger partial charge < -0.3 is 10.1 Å². The molecule has 1 aromatic carbocycles. The summed E-state index contributed by atoms with van der Waals surface area (Å²) in [5, 5.41) is 6.98. The quantitative estimate of drug-likeness (QED) is 0.383. The summed E-state index contributed by atoms with van der Waals surface area (Å²) in [7, 11) is 1.19. The summed E-state index contributed by atoms with van der Waals surface area (Å²) in [6.45, 7) is 1.47. The molecule has 0 bridgehead atoms. The van der Waals surface area contributed by atoms with Crippen LogP contribution in [0.1, 0.15) is 52.1 Å². The summed E-state index contributed by atoms with van der Waals surface area (Å²) in [4.78, 5) is 28.9. The molecule has 3 aromatic rings. The van der Waals surface area contributed by atoms with E-state index in [0.717, 1.165) is 18.4 Å². The predicted molar refractivity (Wildman–Crippen MR) is 115 cm³/mol. The zero-order valence-corrected chi connectivity index (χ0v) is 18.2. The maximum Gasteiger partial charge on any atom is 0.390 e. The molecule has 174 valence electrons. The number of halogens is 3. The van der Waals surface area contributed by atoms with Crippen molar-refractivity contribution in [1.29, 1.82) is 0 Å². The van der Waals surface area contributed by atoms with Gasteiger partial charge in [-0.1, -0.05) is 12.1 Å². The number of benzene rings is 1. The molecule has 1 fully saturated rings. The molecular weight excluding hydrogens is 437 g/mol. The van der Waals surface area contributed by atoms with Crippen molar-refractivity contribution in [3.05, 3.63) is 47.3 Å². The topological polar surface area (TPSA) is 85.6 Å². The van der Waals surface area contributed by atoms with E-state index in [4.69, 9.17) is 4.74 Å². The van der Waals surface area contributed by atoms with Gasteiger partial charge in [-0.15, -0.1) is 0 Å². The molecule has 0 atom stereocenters. The van der Waals surface area contributed by atoms with E-state index in [2.05, 4.69) is 15.4 Å². The van der Waals surface area contributed by atoms with E-state index in [9.17, 15) is 22.8 Å². The number of carbonyl (C=O) groups excluding carboxylic acids is 2. The molecule has 0 unspecified atom stereocenters. The first-order valence-electron chi connectivity index (χ1n) is 10.6. The summed E-state index contributed by atoms with van der Waals surface area (Å²) >= 11 is 0. The predicted octanol–water partition coefficient (Wildman–Crippen LogP) is 4.84. The molecule has 0 spiro atoms. The normalized spacial score (nSPS) is 13.8. The summed E-state index contributed by atoms with van der Waals surface area (Å²) in [6, 6.07) is 6.70. The van der Waals surface area contributed by atoms with Gasteiger partial charge in [-0.05, 0) is 37.3 Å². The van der Waals surface area contributed by atoms with Crippen LogP contribution in [0.5, 0.6) is 0 Å². The number of nitrogens with zero attached hydrogens (tertiary/aromatic N) is 3. The lowest BCUT2D eigenvalue weighted by Gasteiger charge is -2.12. The van der Waals surface area contributed by atoms with Crippen LogP contribution in [0.3, 0.4) is 0 Å². The van der Waals surface area contributed by atoms with Crippen LogP contribution in [0.2, 0.25) is 0 Å². The van der Waals surface area contributed by atoms with Crippen molar-refractivity contribution in [1.82, 2.24) is 14.6 Å². The second-order valence-electron chi connectivity index (χ2n) is 8.21. The fourth-order valence-corrected chi connectivity index (χ4v) is 3.67. The largest absolute Gasteiger partial charge is 0.464 e. The number of ether oxygens (including phenoxy) is 1. The van der Waals surface area contributed by atoms with Gasteiger partial charge in [-0.2, -0.15) is 18.3 Å². The molecule has 2 heterocycles. The number of rotatable bonds is 8. The first-order chi connectivity index (χ1) is 15.7. The Kier molecular flexibility index (Phi) is 6.09. The maximum atomic E-state index is 12.6. The second-order valence-corrected chi connectivity index (χ2v) is 8.21. The highest BCUT2D eigenvalue weighted by atomic mass is 19.4. The Morgan fingerprint density at radius 1 is 1.24 bits per heavy atom. The first-order valence-corrected chi connectivity index (χ1v) is 10.6. The van der Waals surface area contributed by atoms with Crippen LogP contribution in [0.15, 0.2) is 30.5 Å². The number of esters is 1. The van der Waals surface area contributed by atoms with Crippen LogP contribution in [0.25, 0.3) is 16.9 Å². The summed E-state index contributed by atoms with van der Waals surface area (Å²) in [5.74, 6) is -0.130. The molecule has 0 aliphatic heterocycles. The lowest BCUT2D eigenvalue weighted by molar-refractivity contribution is -0.131. The van der Waals surface area contributed by atoms with E-state index in [1.807, 2.05) is 13.0 Å². The lowest BCUT2D eigenvalue weighted by Crippen LogP contribution is -2.16. The Balaban J connectivity index is 1.70.